The molecule has 1 heteroatoms. The van der Waals surface area contributed by atoms with E-state index in [-0.39, 0.29) is 0 Å². The molecule has 1 N–H and O–H groups in total. The standard InChI is InChI=1S/C11H21N/c1-10(2)8-5-6-11(10,3)9(7-8)12-4/h8-9,12H,5-7H2,1-4H3/t8?,9-,11?/m1/s1. The Morgan fingerprint density at radius 1 is 1.25 bits per heavy atom. The van der Waals surface area contributed by atoms with Crippen molar-refractivity contribution in [2.75, 3.05) is 7.05 Å². The maximum Gasteiger partial charge on any atom is 0.0126 e. The Bertz CT molecular complexity index is 197. The molecular weight excluding hydrogens is 146 g/mol. The second kappa shape index (κ2) is 2.25. The van der Waals surface area contributed by atoms with Crippen LogP contribution in [0.1, 0.15) is 40.0 Å². The highest BCUT2D eigenvalue weighted by Gasteiger charge is 2.60. The van der Waals surface area contributed by atoms with Crippen LogP contribution >= 0.6 is 0 Å². The third-order valence-corrected chi connectivity index (χ3v) is 5.14. The van der Waals surface area contributed by atoms with E-state index in [1.165, 1.54) is 19.3 Å². The predicted octanol–water partition coefficient (Wildman–Crippen LogP) is 2.42. The molecule has 0 amide bonds. The summed E-state index contributed by atoms with van der Waals surface area (Å²) in [6, 6.07) is 0.770. The van der Waals surface area contributed by atoms with Crippen molar-refractivity contribution in [3.8, 4) is 0 Å². The molecule has 0 aromatic heterocycles. The molecule has 0 aliphatic heterocycles. The predicted molar refractivity (Wildman–Crippen MR) is 52.1 cm³/mol. The minimum Gasteiger partial charge on any atom is -0.316 e. The van der Waals surface area contributed by atoms with Gasteiger partial charge >= 0.3 is 0 Å². The summed E-state index contributed by atoms with van der Waals surface area (Å²) in [6.07, 6.45) is 4.29. The monoisotopic (exact) mass is 167 g/mol. The van der Waals surface area contributed by atoms with Crippen LogP contribution in [0.3, 0.4) is 0 Å². The third kappa shape index (κ3) is 0.736. The van der Waals surface area contributed by atoms with Crippen molar-refractivity contribution in [1.29, 1.82) is 0 Å². The third-order valence-electron chi connectivity index (χ3n) is 5.14. The van der Waals surface area contributed by atoms with Gasteiger partial charge in [0.05, 0.1) is 0 Å². The summed E-state index contributed by atoms with van der Waals surface area (Å²) in [6.45, 7) is 7.39. The first-order chi connectivity index (χ1) is 5.52. The molecule has 0 aromatic rings. The van der Waals surface area contributed by atoms with E-state index in [0.29, 0.717) is 10.8 Å². The van der Waals surface area contributed by atoms with Crippen molar-refractivity contribution < 1.29 is 0 Å². The molecule has 2 bridgehead atoms. The number of nitrogens with one attached hydrogen (secondary N) is 1. The number of rotatable bonds is 1. The van der Waals surface area contributed by atoms with Crippen molar-refractivity contribution >= 4 is 0 Å². The smallest absolute Gasteiger partial charge is 0.0126 e. The highest BCUT2D eigenvalue weighted by Crippen LogP contribution is 2.65. The average molecular weight is 167 g/mol. The lowest BCUT2D eigenvalue weighted by Gasteiger charge is -2.39. The zero-order chi connectivity index (χ0) is 8.98. The second-order valence-electron chi connectivity index (χ2n) is 5.45. The number of hydrogen-bond acceptors (Lipinski definition) is 1. The van der Waals surface area contributed by atoms with Gasteiger partial charge in [0.1, 0.15) is 0 Å². The molecule has 0 heterocycles. The minimum atomic E-state index is 0.562. The van der Waals surface area contributed by atoms with E-state index in [1.54, 1.807) is 0 Å². The summed E-state index contributed by atoms with van der Waals surface area (Å²) in [5.41, 5.74) is 1.13. The maximum atomic E-state index is 3.49. The SMILES string of the molecule is CN[C@@H]1CC2CCC1(C)C2(C)C. The summed E-state index contributed by atoms with van der Waals surface area (Å²) in [5, 5.41) is 3.49. The van der Waals surface area contributed by atoms with Gasteiger partial charge in [-0.2, -0.15) is 0 Å². The zero-order valence-corrected chi connectivity index (χ0v) is 8.78. The first-order valence-electron chi connectivity index (χ1n) is 5.19. The van der Waals surface area contributed by atoms with Gasteiger partial charge in [-0.3, -0.25) is 0 Å². The van der Waals surface area contributed by atoms with Gasteiger partial charge in [-0.15, -0.1) is 0 Å². The van der Waals surface area contributed by atoms with Gasteiger partial charge in [0.25, 0.3) is 0 Å². The molecule has 70 valence electrons. The van der Waals surface area contributed by atoms with E-state index in [1.807, 2.05) is 0 Å². The molecule has 12 heavy (non-hydrogen) atoms. The number of fused-ring (bicyclic) bond motifs is 2. The Hall–Kier alpha value is -0.0400. The Balaban J connectivity index is 2.33. The lowest BCUT2D eigenvalue weighted by molar-refractivity contribution is 0.125. The van der Waals surface area contributed by atoms with Crippen molar-refractivity contribution in [3.05, 3.63) is 0 Å². The van der Waals surface area contributed by atoms with Crippen LogP contribution in [0.25, 0.3) is 0 Å². The fraction of sp³-hybridized carbons (Fsp3) is 1.00. The maximum absolute atomic E-state index is 3.49. The molecule has 1 nitrogen and oxygen atoms in total. The average Bonchev–Trinajstić information content (AvgIpc) is 2.34. The highest BCUT2D eigenvalue weighted by atomic mass is 14.9. The zero-order valence-electron chi connectivity index (χ0n) is 8.78. The summed E-state index contributed by atoms with van der Waals surface area (Å²) in [4.78, 5) is 0. The van der Waals surface area contributed by atoms with Crippen molar-refractivity contribution in [2.24, 2.45) is 16.7 Å². The van der Waals surface area contributed by atoms with Gasteiger partial charge in [0.15, 0.2) is 0 Å². The van der Waals surface area contributed by atoms with E-state index < -0.39 is 0 Å². The summed E-state index contributed by atoms with van der Waals surface area (Å²) in [7, 11) is 2.12. The normalized spacial score (nSPS) is 50.0. The topological polar surface area (TPSA) is 12.0 Å². The molecule has 2 saturated carbocycles. The Morgan fingerprint density at radius 2 is 1.92 bits per heavy atom. The van der Waals surface area contributed by atoms with Gasteiger partial charge < -0.3 is 5.32 Å². The van der Waals surface area contributed by atoms with Gasteiger partial charge in [-0.25, -0.2) is 0 Å². The van der Waals surface area contributed by atoms with Crippen LogP contribution in [-0.2, 0) is 0 Å². The summed E-state index contributed by atoms with van der Waals surface area (Å²) >= 11 is 0. The minimum absolute atomic E-state index is 0.562. The summed E-state index contributed by atoms with van der Waals surface area (Å²) < 4.78 is 0. The number of hydrogen-bond donors (Lipinski definition) is 1. The van der Waals surface area contributed by atoms with Crippen molar-refractivity contribution in [1.82, 2.24) is 5.32 Å². The highest BCUT2D eigenvalue weighted by molar-refractivity contribution is 5.12. The molecular formula is C11H21N. The fourth-order valence-electron chi connectivity index (χ4n) is 3.64. The molecule has 2 aliphatic rings. The quantitative estimate of drug-likeness (QED) is 0.632. The van der Waals surface area contributed by atoms with Crippen LogP contribution in [-0.4, -0.2) is 13.1 Å². The second-order valence-corrected chi connectivity index (χ2v) is 5.45. The first-order valence-corrected chi connectivity index (χ1v) is 5.19. The lowest BCUT2D eigenvalue weighted by atomic mass is 9.69. The van der Waals surface area contributed by atoms with Crippen LogP contribution in [0, 0.1) is 16.7 Å². The van der Waals surface area contributed by atoms with E-state index >= 15 is 0 Å². The Labute approximate surface area is 75.9 Å². The Morgan fingerprint density at radius 3 is 2.17 bits per heavy atom. The molecule has 3 atom stereocenters. The Kier molecular flexibility index (Phi) is 1.61. The molecule has 2 unspecified atom stereocenters. The van der Waals surface area contributed by atoms with E-state index in [0.717, 1.165) is 12.0 Å². The largest absolute Gasteiger partial charge is 0.316 e. The van der Waals surface area contributed by atoms with Crippen LogP contribution in [0.4, 0.5) is 0 Å². The molecule has 2 fully saturated rings. The van der Waals surface area contributed by atoms with Crippen LogP contribution in [0.5, 0.6) is 0 Å². The summed E-state index contributed by atoms with van der Waals surface area (Å²) in [5.74, 6) is 0.972. The first kappa shape index (κ1) is 8.55. The fourth-order valence-corrected chi connectivity index (χ4v) is 3.64. The van der Waals surface area contributed by atoms with E-state index in [4.69, 9.17) is 0 Å². The lowest BCUT2D eigenvalue weighted by Crippen LogP contribution is -2.42. The molecule has 0 saturated heterocycles. The van der Waals surface area contributed by atoms with Crippen molar-refractivity contribution in [3.63, 3.8) is 0 Å². The van der Waals surface area contributed by atoms with Gasteiger partial charge in [0, 0.05) is 6.04 Å². The van der Waals surface area contributed by atoms with Gasteiger partial charge in [-0.1, -0.05) is 20.8 Å². The molecule has 0 aromatic carbocycles. The van der Waals surface area contributed by atoms with Crippen LogP contribution < -0.4 is 5.32 Å². The van der Waals surface area contributed by atoms with Gasteiger partial charge in [-0.05, 0) is 43.1 Å². The van der Waals surface area contributed by atoms with Crippen LogP contribution in [0.2, 0.25) is 0 Å². The molecule has 0 spiro atoms. The van der Waals surface area contributed by atoms with Gasteiger partial charge in [0.2, 0.25) is 0 Å². The van der Waals surface area contributed by atoms with Crippen LogP contribution in [0.15, 0.2) is 0 Å². The molecule has 2 rings (SSSR count). The molecule has 2 aliphatic carbocycles. The van der Waals surface area contributed by atoms with Crippen molar-refractivity contribution in [2.45, 2.75) is 46.1 Å². The molecule has 0 radical (unpaired) electrons. The van der Waals surface area contributed by atoms with E-state index in [2.05, 4.69) is 33.1 Å². The van der Waals surface area contributed by atoms with E-state index in [9.17, 15) is 0 Å².